The number of hydrogen-bond donors (Lipinski definition) is 2. The Morgan fingerprint density at radius 2 is 1.71 bits per heavy atom. The van der Waals surface area contributed by atoms with Gasteiger partial charge in [-0.2, -0.15) is 5.10 Å². The van der Waals surface area contributed by atoms with Crippen molar-refractivity contribution >= 4 is 17.0 Å². The molecule has 2 aromatic heterocycles. The number of carbonyl (C=O) groups is 1. The number of benzene rings is 3. The molecule has 7 nitrogen and oxygen atoms in total. The lowest BCUT2D eigenvalue weighted by Gasteiger charge is -2.13. The maximum Gasteiger partial charge on any atom is 0.335 e. The van der Waals surface area contributed by atoms with Crippen molar-refractivity contribution in [1.29, 1.82) is 0 Å². The van der Waals surface area contributed by atoms with E-state index in [1.165, 1.54) is 0 Å². The first-order chi connectivity index (χ1) is 17.0. The summed E-state index contributed by atoms with van der Waals surface area (Å²) in [6.07, 6.45) is 2.83. The first-order valence-electron chi connectivity index (χ1n) is 11.6. The van der Waals surface area contributed by atoms with Crippen LogP contribution >= 0.6 is 0 Å². The van der Waals surface area contributed by atoms with Gasteiger partial charge < -0.3 is 14.6 Å². The zero-order valence-electron chi connectivity index (χ0n) is 19.8. The van der Waals surface area contributed by atoms with E-state index in [0.29, 0.717) is 0 Å². The minimum Gasteiger partial charge on any atom is -0.478 e. The van der Waals surface area contributed by atoms with Crippen molar-refractivity contribution in [1.82, 2.24) is 24.6 Å². The average Bonchev–Trinajstić information content (AvgIpc) is 3.49. The molecule has 2 heterocycles. The second-order valence-electron chi connectivity index (χ2n) is 8.85. The first-order valence-corrected chi connectivity index (χ1v) is 11.6. The molecule has 3 aromatic carbocycles. The molecule has 7 heteroatoms. The van der Waals surface area contributed by atoms with E-state index in [1.807, 2.05) is 36.5 Å². The van der Waals surface area contributed by atoms with Gasteiger partial charge in [-0.05, 0) is 62.5 Å². The molecule has 2 N–H and O–H groups in total. The Morgan fingerprint density at radius 3 is 2.43 bits per heavy atom. The van der Waals surface area contributed by atoms with Gasteiger partial charge in [0.25, 0.3) is 0 Å². The van der Waals surface area contributed by atoms with Gasteiger partial charge in [0.2, 0.25) is 0 Å². The van der Waals surface area contributed by atoms with Crippen LogP contribution in [0.1, 0.15) is 16.8 Å². The Morgan fingerprint density at radius 1 is 0.971 bits per heavy atom. The fourth-order valence-electron chi connectivity index (χ4n) is 4.37. The Bertz CT molecular complexity index is 1470. The third-order valence-electron chi connectivity index (χ3n) is 6.14. The van der Waals surface area contributed by atoms with E-state index in [4.69, 9.17) is 4.98 Å². The summed E-state index contributed by atoms with van der Waals surface area (Å²) in [4.78, 5) is 18.5. The number of hydrogen-bond acceptors (Lipinski definition) is 4. The molecule has 0 spiro atoms. The Balaban J connectivity index is 1.60. The molecule has 0 radical (unpaired) electrons. The standard InChI is InChI=1S/C28H27N5O2/c1-32(2)15-6-16-33-25-14-13-22(19-9-11-21(12-10-19)28(34)35)17-24(25)30-27(33)23-18-29-31-26(23)20-7-4-3-5-8-20/h3-5,7-14,17-18H,6,15-16H2,1-2H3,(H,29,31)(H,34,35). The number of imidazole rings is 1. The Kier molecular flexibility index (Phi) is 6.16. The van der Waals surface area contributed by atoms with Crippen LogP contribution in [0.3, 0.4) is 0 Å². The maximum absolute atomic E-state index is 11.2. The number of aromatic carboxylic acids is 1. The van der Waals surface area contributed by atoms with Crippen LogP contribution in [-0.4, -0.2) is 56.4 Å². The van der Waals surface area contributed by atoms with Gasteiger partial charge >= 0.3 is 5.97 Å². The lowest BCUT2D eigenvalue weighted by molar-refractivity contribution is 0.0697. The molecule has 176 valence electrons. The molecule has 0 aliphatic carbocycles. The van der Waals surface area contributed by atoms with E-state index in [9.17, 15) is 9.90 Å². The predicted octanol–water partition coefficient (Wildman–Crippen LogP) is 5.41. The third kappa shape index (κ3) is 4.58. The van der Waals surface area contributed by atoms with Gasteiger partial charge in [0, 0.05) is 12.1 Å². The molecule has 0 unspecified atom stereocenters. The Labute approximate surface area is 203 Å². The second-order valence-corrected chi connectivity index (χ2v) is 8.85. The lowest BCUT2D eigenvalue weighted by atomic mass is 10.0. The van der Waals surface area contributed by atoms with E-state index in [2.05, 4.69) is 64.1 Å². The Hall–Kier alpha value is -4.23. The highest BCUT2D eigenvalue weighted by Gasteiger charge is 2.19. The second kappa shape index (κ2) is 9.56. The fraction of sp³-hybridized carbons (Fsp3) is 0.179. The van der Waals surface area contributed by atoms with Crippen molar-refractivity contribution in [3.8, 4) is 33.8 Å². The molecular formula is C28H27N5O2. The number of aryl methyl sites for hydroxylation is 1. The number of nitrogens with one attached hydrogen (secondary N) is 1. The summed E-state index contributed by atoms with van der Waals surface area (Å²) >= 11 is 0. The molecule has 0 bridgehead atoms. The summed E-state index contributed by atoms with van der Waals surface area (Å²) in [6, 6.07) is 23.3. The summed E-state index contributed by atoms with van der Waals surface area (Å²) in [5.41, 5.74) is 7.14. The molecule has 0 saturated heterocycles. The van der Waals surface area contributed by atoms with Crippen molar-refractivity contribution in [2.24, 2.45) is 0 Å². The molecule has 0 atom stereocenters. The highest BCUT2D eigenvalue weighted by molar-refractivity contribution is 5.90. The largest absolute Gasteiger partial charge is 0.478 e. The first kappa shape index (κ1) is 22.6. The van der Waals surface area contributed by atoms with Crippen molar-refractivity contribution in [2.45, 2.75) is 13.0 Å². The molecule has 0 fully saturated rings. The molecule has 0 aliphatic heterocycles. The number of aromatic nitrogens is 4. The van der Waals surface area contributed by atoms with Gasteiger partial charge in [-0.1, -0.05) is 48.5 Å². The van der Waals surface area contributed by atoms with Gasteiger partial charge in [-0.25, -0.2) is 9.78 Å². The predicted molar refractivity (Wildman–Crippen MR) is 138 cm³/mol. The number of fused-ring (bicyclic) bond motifs is 1. The third-order valence-corrected chi connectivity index (χ3v) is 6.14. The van der Waals surface area contributed by atoms with Gasteiger partial charge in [0.05, 0.1) is 34.1 Å². The minimum absolute atomic E-state index is 0.274. The highest BCUT2D eigenvalue weighted by atomic mass is 16.4. The molecule has 5 aromatic rings. The molecule has 0 saturated carbocycles. The SMILES string of the molecule is CN(C)CCCn1c(-c2cn[nH]c2-c2ccccc2)nc2cc(-c3ccc(C(=O)O)cc3)ccc21. The summed E-state index contributed by atoms with van der Waals surface area (Å²) < 4.78 is 2.27. The van der Waals surface area contributed by atoms with Gasteiger partial charge in [-0.15, -0.1) is 0 Å². The number of rotatable bonds is 8. The number of aromatic amines is 1. The topological polar surface area (TPSA) is 87.0 Å². The minimum atomic E-state index is -0.928. The van der Waals surface area contributed by atoms with E-state index >= 15 is 0 Å². The van der Waals surface area contributed by atoms with Crippen LogP contribution in [-0.2, 0) is 6.54 Å². The molecule has 0 amide bonds. The maximum atomic E-state index is 11.2. The van der Waals surface area contributed by atoms with Crippen LogP contribution in [0, 0.1) is 0 Å². The lowest BCUT2D eigenvalue weighted by Crippen LogP contribution is -2.15. The molecule has 0 aliphatic rings. The molecule has 5 rings (SSSR count). The summed E-state index contributed by atoms with van der Waals surface area (Å²) in [7, 11) is 4.16. The van der Waals surface area contributed by atoms with Crippen LogP contribution in [0.5, 0.6) is 0 Å². The summed E-state index contributed by atoms with van der Waals surface area (Å²) in [5, 5.41) is 16.7. The van der Waals surface area contributed by atoms with Crippen LogP contribution in [0.2, 0.25) is 0 Å². The highest BCUT2D eigenvalue weighted by Crippen LogP contribution is 2.33. The number of nitrogens with zero attached hydrogens (tertiary/aromatic N) is 4. The summed E-state index contributed by atoms with van der Waals surface area (Å²) in [5.74, 6) is -0.0489. The van der Waals surface area contributed by atoms with E-state index in [-0.39, 0.29) is 5.56 Å². The average molecular weight is 466 g/mol. The quantitative estimate of drug-likeness (QED) is 0.320. The van der Waals surface area contributed by atoms with Gasteiger partial charge in [-0.3, -0.25) is 5.10 Å². The van der Waals surface area contributed by atoms with Crippen LogP contribution in [0.4, 0.5) is 0 Å². The van der Waals surface area contributed by atoms with E-state index in [0.717, 1.165) is 64.3 Å². The van der Waals surface area contributed by atoms with Crippen LogP contribution in [0.25, 0.3) is 44.8 Å². The number of H-pyrrole nitrogens is 1. The van der Waals surface area contributed by atoms with Crippen LogP contribution < -0.4 is 0 Å². The van der Waals surface area contributed by atoms with E-state index in [1.54, 1.807) is 12.1 Å². The number of carboxylic acid groups (broad SMARTS) is 1. The zero-order chi connectivity index (χ0) is 24.4. The monoisotopic (exact) mass is 465 g/mol. The van der Waals surface area contributed by atoms with Crippen molar-refractivity contribution < 1.29 is 9.90 Å². The zero-order valence-corrected chi connectivity index (χ0v) is 19.8. The normalized spacial score (nSPS) is 11.4. The van der Waals surface area contributed by atoms with Crippen LogP contribution in [0.15, 0.2) is 79.0 Å². The molecular weight excluding hydrogens is 438 g/mol. The van der Waals surface area contributed by atoms with Crippen molar-refractivity contribution in [3.05, 3.63) is 84.6 Å². The van der Waals surface area contributed by atoms with E-state index < -0.39 is 5.97 Å². The van der Waals surface area contributed by atoms with Crippen molar-refractivity contribution in [3.63, 3.8) is 0 Å². The molecule has 35 heavy (non-hydrogen) atoms. The van der Waals surface area contributed by atoms with Crippen molar-refractivity contribution in [2.75, 3.05) is 20.6 Å². The fourth-order valence-corrected chi connectivity index (χ4v) is 4.37. The number of carboxylic acids is 1. The van der Waals surface area contributed by atoms with Gasteiger partial charge in [0.1, 0.15) is 5.82 Å². The smallest absolute Gasteiger partial charge is 0.335 e. The van der Waals surface area contributed by atoms with Gasteiger partial charge in [0.15, 0.2) is 0 Å². The summed E-state index contributed by atoms with van der Waals surface area (Å²) in [6.45, 7) is 1.81.